The summed E-state index contributed by atoms with van der Waals surface area (Å²) in [5, 5.41) is 15.3. The topological polar surface area (TPSA) is 91.4 Å². The molecule has 0 aliphatic heterocycles. The smallest absolute Gasteiger partial charge is 0.308 e. The van der Waals surface area contributed by atoms with Gasteiger partial charge in [0.1, 0.15) is 0 Å². The van der Waals surface area contributed by atoms with Gasteiger partial charge in [0.2, 0.25) is 5.56 Å². The fourth-order valence-electron chi connectivity index (χ4n) is 5.09. The number of rotatable bonds is 7. The lowest BCUT2D eigenvalue weighted by atomic mass is 9.97. The molecular formula is C27H32N2O4. The number of fused-ring (bicyclic) bond motifs is 2. The number of aliphatic hydroxyl groups excluding tert-OH is 1. The van der Waals surface area contributed by atoms with Crippen molar-refractivity contribution in [1.82, 2.24) is 10.3 Å². The predicted molar refractivity (Wildman–Crippen MR) is 130 cm³/mol. The van der Waals surface area contributed by atoms with Gasteiger partial charge in [-0.05, 0) is 78.1 Å². The monoisotopic (exact) mass is 448 g/mol. The zero-order valence-corrected chi connectivity index (χ0v) is 19.7. The van der Waals surface area contributed by atoms with Crippen LogP contribution in [0.5, 0.6) is 5.75 Å². The molecule has 1 aliphatic rings. The number of carbonyl (C=O) groups is 1. The molecule has 4 rings (SSSR count). The number of ether oxygens (including phenoxy) is 1. The number of hydrogen-bond acceptors (Lipinski definition) is 5. The number of nitrogens with one attached hydrogen (secondary N) is 2. The van der Waals surface area contributed by atoms with E-state index in [2.05, 4.69) is 36.3 Å². The number of carbonyl (C=O) groups excluding carboxylic acids is 1. The summed E-state index contributed by atoms with van der Waals surface area (Å²) in [5.74, 6) is -0.171. The van der Waals surface area contributed by atoms with Gasteiger partial charge in [-0.25, -0.2) is 0 Å². The van der Waals surface area contributed by atoms with Crippen LogP contribution in [0.2, 0.25) is 0 Å². The van der Waals surface area contributed by atoms with E-state index in [-0.39, 0.29) is 11.6 Å². The number of hydrogen-bond donors (Lipinski definition) is 3. The Balaban J connectivity index is 1.55. The Labute approximate surface area is 194 Å². The van der Waals surface area contributed by atoms with Crippen LogP contribution in [-0.2, 0) is 30.5 Å². The van der Waals surface area contributed by atoms with Crippen LogP contribution in [0.15, 0.2) is 35.1 Å². The molecule has 0 saturated heterocycles. The predicted octanol–water partition coefficient (Wildman–Crippen LogP) is 3.68. The molecule has 0 saturated carbocycles. The lowest BCUT2D eigenvalue weighted by molar-refractivity contribution is -0.131. The number of benzene rings is 2. The van der Waals surface area contributed by atoms with Crippen LogP contribution < -0.4 is 15.6 Å². The molecule has 1 heterocycles. The van der Waals surface area contributed by atoms with Crippen LogP contribution in [-0.4, -0.2) is 28.6 Å². The average Bonchev–Trinajstić information content (AvgIpc) is 3.18. The minimum absolute atomic E-state index is 0.276. The summed E-state index contributed by atoms with van der Waals surface area (Å²) in [5.41, 5.74) is 7.32. The highest BCUT2D eigenvalue weighted by atomic mass is 16.5. The molecule has 3 N–H and O–H groups in total. The Kier molecular flexibility index (Phi) is 6.68. The van der Waals surface area contributed by atoms with Crippen molar-refractivity contribution < 1.29 is 14.6 Å². The van der Waals surface area contributed by atoms with Crippen LogP contribution >= 0.6 is 0 Å². The van der Waals surface area contributed by atoms with Crippen LogP contribution in [0, 0.1) is 6.92 Å². The zero-order chi connectivity index (χ0) is 23.7. The molecule has 1 atom stereocenters. The SMILES string of the molecule is CCc1cc2c(cc1CC)CC(NCC(O)c1c(C)cc(OC(C)=O)c3[nH]c(=O)ccc13)C2. The molecule has 0 spiro atoms. The van der Waals surface area contributed by atoms with Crippen molar-refractivity contribution in [2.75, 3.05) is 6.54 Å². The van der Waals surface area contributed by atoms with Gasteiger partial charge >= 0.3 is 5.97 Å². The van der Waals surface area contributed by atoms with Gasteiger partial charge in [0.05, 0.1) is 11.6 Å². The van der Waals surface area contributed by atoms with Crippen molar-refractivity contribution in [2.45, 2.75) is 65.5 Å². The second-order valence-corrected chi connectivity index (χ2v) is 8.94. The van der Waals surface area contributed by atoms with E-state index in [1.54, 1.807) is 12.1 Å². The number of pyridine rings is 1. The van der Waals surface area contributed by atoms with E-state index in [1.807, 2.05) is 6.92 Å². The summed E-state index contributed by atoms with van der Waals surface area (Å²) in [6.07, 6.45) is 3.23. The van der Waals surface area contributed by atoms with Gasteiger partial charge in [0.25, 0.3) is 0 Å². The number of H-pyrrole nitrogens is 1. The fourth-order valence-corrected chi connectivity index (χ4v) is 5.09. The summed E-state index contributed by atoms with van der Waals surface area (Å²) in [7, 11) is 0. The molecule has 3 aromatic rings. The van der Waals surface area contributed by atoms with Gasteiger partial charge in [-0.15, -0.1) is 0 Å². The maximum atomic E-state index is 11.9. The third kappa shape index (κ3) is 4.72. The molecule has 0 fully saturated rings. The highest BCUT2D eigenvalue weighted by molar-refractivity contribution is 5.90. The number of esters is 1. The highest BCUT2D eigenvalue weighted by Crippen LogP contribution is 2.33. The van der Waals surface area contributed by atoms with Gasteiger partial charge in [-0.2, -0.15) is 0 Å². The minimum atomic E-state index is -0.772. The summed E-state index contributed by atoms with van der Waals surface area (Å²) >= 11 is 0. The molecule has 6 nitrogen and oxygen atoms in total. The summed E-state index contributed by atoms with van der Waals surface area (Å²) < 4.78 is 5.31. The van der Waals surface area contributed by atoms with E-state index >= 15 is 0 Å². The van der Waals surface area contributed by atoms with Crippen LogP contribution in [0.4, 0.5) is 0 Å². The fraction of sp³-hybridized carbons (Fsp3) is 0.407. The lowest BCUT2D eigenvalue weighted by Gasteiger charge is -2.21. The average molecular weight is 449 g/mol. The second-order valence-electron chi connectivity index (χ2n) is 8.94. The van der Waals surface area contributed by atoms with E-state index in [0.29, 0.717) is 23.2 Å². The van der Waals surface area contributed by atoms with Crippen LogP contribution in [0.3, 0.4) is 0 Å². The van der Waals surface area contributed by atoms with Crippen molar-refractivity contribution in [3.05, 3.63) is 74.1 Å². The largest absolute Gasteiger partial charge is 0.424 e. The Morgan fingerprint density at radius 1 is 1.15 bits per heavy atom. The molecule has 33 heavy (non-hydrogen) atoms. The molecule has 0 bridgehead atoms. The van der Waals surface area contributed by atoms with Crippen molar-refractivity contribution in [3.63, 3.8) is 0 Å². The first-order valence-corrected chi connectivity index (χ1v) is 11.7. The Bertz CT molecular complexity index is 1230. The van der Waals surface area contributed by atoms with E-state index in [9.17, 15) is 14.7 Å². The molecule has 1 unspecified atom stereocenters. The summed E-state index contributed by atoms with van der Waals surface area (Å²) in [4.78, 5) is 26.2. The van der Waals surface area contributed by atoms with Crippen molar-refractivity contribution >= 4 is 16.9 Å². The van der Waals surface area contributed by atoms with Gasteiger partial charge in [0.15, 0.2) is 5.75 Å². The molecule has 6 heteroatoms. The number of aryl methyl sites for hydroxylation is 3. The van der Waals surface area contributed by atoms with Crippen LogP contribution in [0.25, 0.3) is 10.9 Å². The molecule has 0 amide bonds. The van der Waals surface area contributed by atoms with E-state index in [4.69, 9.17) is 4.74 Å². The van der Waals surface area contributed by atoms with E-state index < -0.39 is 12.1 Å². The zero-order valence-electron chi connectivity index (χ0n) is 19.7. The quantitative estimate of drug-likeness (QED) is 0.379. The van der Waals surface area contributed by atoms with Gasteiger partial charge < -0.3 is 20.1 Å². The van der Waals surface area contributed by atoms with Gasteiger partial charge in [-0.3, -0.25) is 9.59 Å². The van der Waals surface area contributed by atoms with Crippen molar-refractivity contribution in [1.29, 1.82) is 0 Å². The van der Waals surface area contributed by atoms with Gasteiger partial charge in [-0.1, -0.05) is 26.0 Å². The third-order valence-corrected chi connectivity index (χ3v) is 6.63. The third-order valence-electron chi connectivity index (χ3n) is 6.63. The molecule has 1 aliphatic carbocycles. The number of aliphatic hydroxyl groups is 1. The number of aromatic nitrogens is 1. The minimum Gasteiger partial charge on any atom is -0.424 e. The molecule has 1 aromatic heterocycles. The normalized spacial score (nSPS) is 14.5. The lowest BCUT2D eigenvalue weighted by Crippen LogP contribution is -2.33. The highest BCUT2D eigenvalue weighted by Gasteiger charge is 2.25. The Hall–Kier alpha value is -2.96. The number of aromatic amines is 1. The Morgan fingerprint density at radius 2 is 1.79 bits per heavy atom. The molecular weight excluding hydrogens is 416 g/mol. The Morgan fingerprint density at radius 3 is 2.36 bits per heavy atom. The summed E-state index contributed by atoms with van der Waals surface area (Å²) in [6.45, 7) is 7.99. The second kappa shape index (κ2) is 9.49. The first-order chi connectivity index (χ1) is 15.8. The summed E-state index contributed by atoms with van der Waals surface area (Å²) in [6, 6.07) is 9.78. The van der Waals surface area contributed by atoms with Crippen molar-refractivity contribution in [3.8, 4) is 5.75 Å². The van der Waals surface area contributed by atoms with Crippen LogP contribution in [0.1, 0.15) is 60.3 Å². The van der Waals surface area contributed by atoms with Gasteiger partial charge in [0, 0.05) is 31.0 Å². The first-order valence-electron chi connectivity index (χ1n) is 11.7. The molecule has 0 radical (unpaired) electrons. The maximum absolute atomic E-state index is 11.9. The van der Waals surface area contributed by atoms with E-state index in [1.165, 1.54) is 35.2 Å². The molecule has 174 valence electrons. The first kappa shape index (κ1) is 23.2. The van der Waals surface area contributed by atoms with Crippen molar-refractivity contribution in [2.24, 2.45) is 0 Å². The van der Waals surface area contributed by atoms with E-state index in [0.717, 1.165) is 36.8 Å². The molecule has 2 aromatic carbocycles. The standard InChI is InChI=1S/C27H32N2O4/c1-5-17-10-19-12-21(13-20(19)11-18(17)6-2)28-14-23(31)26-15(3)9-24(33-16(4)30)27-22(26)7-8-25(32)29-27/h7-11,21,23,28,31H,5-6,12-14H2,1-4H3,(H,29,32). The maximum Gasteiger partial charge on any atom is 0.308 e.